The van der Waals surface area contributed by atoms with Crippen molar-refractivity contribution >= 4 is 23.6 Å². The Morgan fingerprint density at radius 1 is 1.44 bits per heavy atom. The molecule has 1 heterocycles. The van der Waals surface area contributed by atoms with Crippen molar-refractivity contribution < 1.29 is 27.9 Å². The summed E-state index contributed by atoms with van der Waals surface area (Å²) < 4.78 is 35.8. The zero-order valence-corrected chi connectivity index (χ0v) is 10.6. The fraction of sp³-hybridized carbons (Fsp3) is 0.800. The average Bonchev–Trinajstić information content (AvgIpc) is 2.24. The van der Waals surface area contributed by atoms with Crippen LogP contribution in [0, 0.1) is 11.8 Å². The lowest BCUT2D eigenvalue weighted by molar-refractivity contribution is -0.147. The minimum Gasteiger partial charge on any atom is -0.481 e. The number of rotatable bonds is 3. The van der Waals surface area contributed by atoms with E-state index in [9.17, 15) is 22.8 Å². The number of aliphatic carboxylic acids is 1. The lowest BCUT2D eigenvalue weighted by Crippen LogP contribution is -2.45. The van der Waals surface area contributed by atoms with Crippen LogP contribution in [0.15, 0.2) is 0 Å². The topological polar surface area (TPSA) is 57.6 Å². The summed E-state index contributed by atoms with van der Waals surface area (Å²) in [6, 6.07) is 0. The Labute approximate surface area is 107 Å². The van der Waals surface area contributed by atoms with Gasteiger partial charge in [0.25, 0.3) is 0 Å². The van der Waals surface area contributed by atoms with Gasteiger partial charge in [0.05, 0.1) is 11.7 Å². The number of alkyl halides is 3. The molecular formula is C10H14F3NO3S. The van der Waals surface area contributed by atoms with Crippen molar-refractivity contribution in [1.29, 1.82) is 0 Å². The lowest BCUT2D eigenvalue weighted by atomic mass is 9.87. The number of carboxylic acid groups (broad SMARTS) is 1. The van der Waals surface area contributed by atoms with E-state index in [0.717, 1.165) is 0 Å². The van der Waals surface area contributed by atoms with Gasteiger partial charge in [-0.15, -0.1) is 0 Å². The highest BCUT2D eigenvalue weighted by molar-refractivity contribution is 8.00. The smallest absolute Gasteiger partial charge is 0.442 e. The van der Waals surface area contributed by atoms with E-state index in [1.165, 1.54) is 4.90 Å². The average molecular weight is 285 g/mol. The summed E-state index contributed by atoms with van der Waals surface area (Å²) in [5.41, 5.74) is -4.42. The molecular weight excluding hydrogens is 271 g/mol. The molecule has 1 N–H and O–H groups in total. The number of carbonyl (C=O) groups excluding carboxylic acids is 1. The highest BCUT2D eigenvalue weighted by Crippen LogP contribution is 2.31. The molecule has 18 heavy (non-hydrogen) atoms. The van der Waals surface area contributed by atoms with E-state index in [2.05, 4.69) is 0 Å². The van der Waals surface area contributed by atoms with Gasteiger partial charge in [-0.05, 0) is 24.1 Å². The van der Waals surface area contributed by atoms with Crippen LogP contribution >= 0.6 is 11.8 Å². The minimum atomic E-state index is -4.42. The molecule has 0 saturated carbocycles. The third kappa shape index (κ3) is 4.40. The minimum absolute atomic E-state index is 0.203. The Bertz CT molecular complexity index is 335. The molecule has 0 aromatic rings. The van der Waals surface area contributed by atoms with E-state index < -0.39 is 29.1 Å². The van der Waals surface area contributed by atoms with Gasteiger partial charge in [0.1, 0.15) is 0 Å². The standard InChI is InChI=1S/C10H14F3NO3S/c1-6-4-14(3-2-7(6)9(16)17)8(15)5-18-10(11,12)13/h6-7H,2-5H2,1H3,(H,16,17). The maximum absolute atomic E-state index is 11.9. The summed E-state index contributed by atoms with van der Waals surface area (Å²) >= 11 is -0.364. The van der Waals surface area contributed by atoms with Gasteiger partial charge in [-0.3, -0.25) is 9.59 Å². The summed E-state index contributed by atoms with van der Waals surface area (Å²) in [5, 5.41) is 8.89. The molecule has 1 saturated heterocycles. The normalized spacial score (nSPS) is 25.0. The molecule has 2 atom stereocenters. The lowest BCUT2D eigenvalue weighted by Gasteiger charge is -2.34. The number of likely N-dealkylation sites (tertiary alicyclic amines) is 1. The van der Waals surface area contributed by atoms with Crippen LogP contribution in [-0.4, -0.2) is 46.2 Å². The van der Waals surface area contributed by atoms with Crippen LogP contribution in [-0.2, 0) is 9.59 Å². The first-order chi connectivity index (χ1) is 8.20. The second-order valence-electron chi connectivity index (χ2n) is 4.28. The van der Waals surface area contributed by atoms with Crippen molar-refractivity contribution in [3.8, 4) is 0 Å². The third-order valence-corrected chi connectivity index (χ3v) is 3.65. The van der Waals surface area contributed by atoms with E-state index in [0.29, 0.717) is 6.42 Å². The first-order valence-corrected chi connectivity index (χ1v) is 6.40. The van der Waals surface area contributed by atoms with Gasteiger partial charge in [0.15, 0.2) is 0 Å². The zero-order valence-electron chi connectivity index (χ0n) is 9.74. The third-order valence-electron chi connectivity index (χ3n) is 2.93. The molecule has 0 aliphatic carbocycles. The second kappa shape index (κ2) is 5.81. The highest BCUT2D eigenvalue weighted by Gasteiger charge is 2.35. The number of piperidine rings is 1. The molecule has 8 heteroatoms. The van der Waals surface area contributed by atoms with Crippen LogP contribution in [0.1, 0.15) is 13.3 Å². The van der Waals surface area contributed by atoms with Crippen molar-refractivity contribution in [1.82, 2.24) is 4.90 Å². The van der Waals surface area contributed by atoms with Crippen molar-refractivity contribution in [2.45, 2.75) is 18.9 Å². The number of carboxylic acids is 1. The fourth-order valence-corrected chi connectivity index (χ4v) is 2.44. The van der Waals surface area contributed by atoms with Gasteiger partial charge in [0.2, 0.25) is 5.91 Å². The number of thioether (sulfide) groups is 1. The van der Waals surface area contributed by atoms with E-state index in [1.807, 2.05) is 0 Å². The molecule has 0 aromatic carbocycles. The van der Waals surface area contributed by atoms with E-state index >= 15 is 0 Å². The Kier molecular flexibility index (Phi) is 4.89. The summed E-state index contributed by atoms with van der Waals surface area (Å²) in [5.74, 6) is -2.92. The van der Waals surface area contributed by atoms with Crippen molar-refractivity contribution in [3.05, 3.63) is 0 Å². The highest BCUT2D eigenvalue weighted by atomic mass is 32.2. The van der Waals surface area contributed by atoms with Crippen LogP contribution in [0.3, 0.4) is 0 Å². The molecule has 2 unspecified atom stereocenters. The van der Waals surface area contributed by atoms with Crippen LogP contribution in [0.25, 0.3) is 0 Å². The maximum atomic E-state index is 11.9. The summed E-state index contributed by atoms with van der Waals surface area (Å²) in [6.07, 6.45) is 0.291. The quantitative estimate of drug-likeness (QED) is 0.859. The molecule has 1 rings (SSSR count). The molecule has 104 valence electrons. The van der Waals surface area contributed by atoms with Crippen molar-refractivity contribution in [2.24, 2.45) is 11.8 Å². The van der Waals surface area contributed by atoms with E-state index in [1.54, 1.807) is 6.92 Å². The van der Waals surface area contributed by atoms with E-state index in [-0.39, 0.29) is 30.8 Å². The summed E-state index contributed by atoms with van der Waals surface area (Å²) in [4.78, 5) is 23.7. The first kappa shape index (κ1) is 15.1. The number of hydrogen-bond donors (Lipinski definition) is 1. The largest absolute Gasteiger partial charge is 0.481 e. The van der Waals surface area contributed by atoms with Crippen LogP contribution in [0.2, 0.25) is 0 Å². The van der Waals surface area contributed by atoms with Crippen LogP contribution in [0.4, 0.5) is 13.2 Å². The number of nitrogens with zero attached hydrogens (tertiary/aromatic N) is 1. The van der Waals surface area contributed by atoms with Gasteiger partial charge >= 0.3 is 11.5 Å². The zero-order chi connectivity index (χ0) is 13.9. The molecule has 4 nitrogen and oxygen atoms in total. The van der Waals surface area contributed by atoms with E-state index in [4.69, 9.17) is 5.11 Å². The molecule has 0 bridgehead atoms. The van der Waals surface area contributed by atoms with Crippen LogP contribution in [0.5, 0.6) is 0 Å². The summed E-state index contributed by atoms with van der Waals surface area (Å²) in [6.45, 7) is 2.10. The summed E-state index contributed by atoms with van der Waals surface area (Å²) in [7, 11) is 0. The van der Waals surface area contributed by atoms with Crippen molar-refractivity contribution in [2.75, 3.05) is 18.8 Å². The molecule has 1 fully saturated rings. The second-order valence-corrected chi connectivity index (χ2v) is 5.33. The van der Waals surface area contributed by atoms with Gasteiger partial charge < -0.3 is 10.0 Å². The fourth-order valence-electron chi connectivity index (χ4n) is 1.97. The molecule has 1 aliphatic heterocycles. The molecule has 1 amide bonds. The number of amides is 1. The van der Waals surface area contributed by atoms with Gasteiger partial charge in [-0.2, -0.15) is 13.2 Å². The number of carbonyl (C=O) groups is 2. The first-order valence-electron chi connectivity index (χ1n) is 5.42. The van der Waals surface area contributed by atoms with Crippen LogP contribution < -0.4 is 0 Å². The number of hydrogen-bond acceptors (Lipinski definition) is 3. The Hall–Kier alpha value is -0.920. The Morgan fingerprint density at radius 3 is 2.50 bits per heavy atom. The molecule has 0 radical (unpaired) electrons. The number of halogens is 3. The maximum Gasteiger partial charge on any atom is 0.442 e. The SMILES string of the molecule is CC1CN(C(=O)CSC(F)(F)F)CCC1C(=O)O. The Morgan fingerprint density at radius 2 is 2.06 bits per heavy atom. The predicted octanol–water partition coefficient (Wildman–Crippen LogP) is 1.81. The molecule has 0 aromatic heterocycles. The van der Waals surface area contributed by atoms with Crippen molar-refractivity contribution in [3.63, 3.8) is 0 Å². The molecule has 1 aliphatic rings. The predicted molar refractivity (Wildman–Crippen MR) is 60.0 cm³/mol. The monoisotopic (exact) mass is 285 g/mol. The Balaban J connectivity index is 2.46. The van der Waals surface area contributed by atoms with Gasteiger partial charge in [-0.25, -0.2) is 0 Å². The van der Waals surface area contributed by atoms with Gasteiger partial charge in [-0.1, -0.05) is 6.92 Å². The molecule has 0 spiro atoms. The van der Waals surface area contributed by atoms with Gasteiger partial charge in [0, 0.05) is 13.1 Å².